The predicted molar refractivity (Wildman–Crippen MR) is 134 cm³/mol. The van der Waals surface area contributed by atoms with Crippen molar-refractivity contribution in [2.24, 2.45) is 16.3 Å². The van der Waals surface area contributed by atoms with Gasteiger partial charge in [-0.25, -0.2) is 0 Å². The van der Waals surface area contributed by atoms with Crippen LogP contribution >= 0.6 is 24.0 Å². The molecule has 3 rings (SSSR count). The minimum atomic E-state index is 0. The Bertz CT molecular complexity index is 686. The molecule has 5 nitrogen and oxygen atoms in total. The van der Waals surface area contributed by atoms with Crippen molar-refractivity contribution in [1.29, 1.82) is 0 Å². The van der Waals surface area contributed by atoms with E-state index >= 15 is 0 Å². The molecule has 2 aliphatic heterocycles. The summed E-state index contributed by atoms with van der Waals surface area (Å²) in [6, 6.07) is 6.83. The van der Waals surface area contributed by atoms with E-state index in [1.807, 2.05) is 7.05 Å². The molecule has 1 aromatic rings. The molecule has 29 heavy (non-hydrogen) atoms. The molecule has 1 saturated heterocycles. The quantitative estimate of drug-likeness (QED) is 0.360. The number of nitrogens with zero attached hydrogens (tertiary/aromatic N) is 2. The van der Waals surface area contributed by atoms with Gasteiger partial charge in [0.15, 0.2) is 5.96 Å². The van der Waals surface area contributed by atoms with E-state index in [4.69, 9.17) is 4.74 Å². The summed E-state index contributed by atoms with van der Waals surface area (Å²) >= 11 is 0. The fourth-order valence-electron chi connectivity index (χ4n) is 4.59. The van der Waals surface area contributed by atoms with E-state index in [0.717, 1.165) is 38.6 Å². The van der Waals surface area contributed by atoms with E-state index in [1.54, 1.807) is 0 Å². The number of halogens is 1. The van der Waals surface area contributed by atoms with Crippen molar-refractivity contribution in [3.63, 3.8) is 0 Å². The summed E-state index contributed by atoms with van der Waals surface area (Å²) < 4.78 is 6.11. The number of anilines is 1. The molecule has 2 N–H and O–H groups in total. The molecule has 6 heteroatoms. The molecule has 0 bridgehead atoms. The molecule has 0 saturated carbocycles. The van der Waals surface area contributed by atoms with Crippen LogP contribution in [0.2, 0.25) is 0 Å². The zero-order valence-electron chi connectivity index (χ0n) is 18.8. The number of aryl methyl sites for hydroxylation is 1. The average molecular weight is 514 g/mol. The first-order valence-corrected chi connectivity index (χ1v) is 10.8. The lowest BCUT2D eigenvalue weighted by molar-refractivity contribution is -0.0835. The maximum atomic E-state index is 6.11. The van der Waals surface area contributed by atoms with Gasteiger partial charge in [0.05, 0.1) is 6.10 Å². The highest BCUT2D eigenvalue weighted by molar-refractivity contribution is 14.0. The van der Waals surface area contributed by atoms with Gasteiger partial charge in [0.1, 0.15) is 0 Å². The Balaban J connectivity index is 0.00000300. The van der Waals surface area contributed by atoms with Gasteiger partial charge in [-0.3, -0.25) is 4.99 Å². The smallest absolute Gasteiger partial charge is 0.191 e. The van der Waals surface area contributed by atoms with Gasteiger partial charge >= 0.3 is 0 Å². The topological polar surface area (TPSA) is 48.9 Å². The van der Waals surface area contributed by atoms with Crippen molar-refractivity contribution in [3.8, 4) is 0 Å². The molecule has 0 amide bonds. The summed E-state index contributed by atoms with van der Waals surface area (Å²) in [5.41, 5.74) is 4.32. The summed E-state index contributed by atoms with van der Waals surface area (Å²) in [5, 5.41) is 7.01. The van der Waals surface area contributed by atoms with E-state index < -0.39 is 0 Å². The van der Waals surface area contributed by atoms with Gasteiger partial charge in [0.25, 0.3) is 0 Å². The molecule has 2 unspecified atom stereocenters. The average Bonchev–Trinajstić information content (AvgIpc) is 2.68. The molecule has 0 radical (unpaired) electrons. The lowest BCUT2D eigenvalue weighted by atomic mass is 9.78. The van der Waals surface area contributed by atoms with Crippen molar-refractivity contribution in [2.75, 3.05) is 38.7 Å². The minimum absolute atomic E-state index is 0. The van der Waals surface area contributed by atoms with Gasteiger partial charge in [-0.05, 0) is 48.3 Å². The fourth-order valence-corrected chi connectivity index (χ4v) is 4.59. The predicted octanol–water partition coefficient (Wildman–Crippen LogP) is 4.19. The zero-order valence-corrected chi connectivity index (χ0v) is 21.1. The lowest BCUT2D eigenvalue weighted by Crippen LogP contribution is -2.47. The van der Waals surface area contributed by atoms with Crippen molar-refractivity contribution in [3.05, 3.63) is 29.3 Å². The molecular formula is C23H39IN4O. The van der Waals surface area contributed by atoms with Crippen LogP contribution < -0.4 is 15.5 Å². The normalized spacial score (nSPS) is 22.5. The number of hydrogen-bond acceptors (Lipinski definition) is 3. The second-order valence-electron chi connectivity index (χ2n) is 9.35. The Morgan fingerprint density at radius 2 is 2.03 bits per heavy atom. The van der Waals surface area contributed by atoms with Gasteiger partial charge in [-0.1, -0.05) is 32.9 Å². The molecule has 1 aromatic carbocycles. The van der Waals surface area contributed by atoms with E-state index in [9.17, 15) is 0 Å². The van der Waals surface area contributed by atoms with Gasteiger partial charge in [-0.15, -0.1) is 24.0 Å². The molecule has 0 aliphatic carbocycles. The molecule has 2 heterocycles. The number of guanidine groups is 1. The van der Waals surface area contributed by atoms with Crippen molar-refractivity contribution >= 4 is 35.6 Å². The Kier molecular flexibility index (Phi) is 9.07. The third-order valence-corrected chi connectivity index (χ3v) is 6.01. The van der Waals surface area contributed by atoms with Gasteiger partial charge in [0.2, 0.25) is 0 Å². The van der Waals surface area contributed by atoms with Crippen LogP contribution in [0.5, 0.6) is 0 Å². The van der Waals surface area contributed by atoms with Gasteiger partial charge in [-0.2, -0.15) is 0 Å². The van der Waals surface area contributed by atoms with E-state index in [0.29, 0.717) is 12.0 Å². The van der Waals surface area contributed by atoms with Crippen LogP contribution in [0.15, 0.2) is 23.2 Å². The molecule has 1 fully saturated rings. The Morgan fingerprint density at radius 1 is 1.24 bits per heavy atom. The zero-order chi connectivity index (χ0) is 20.1. The van der Waals surface area contributed by atoms with Crippen LogP contribution in [0, 0.1) is 11.3 Å². The number of hydrogen-bond donors (Lipinski definition) is 2. The molecule has 0 aromatic heterocycles. The van der Waals surface area contributed by atoms with Crippen molar-refractivity contribution in [2.45, 2.75) is 59.1 Å². The Hall–Kier alpha value is -1.02. The summed E-state index contributed by atoms with van der Waals surface area (Å²) in [6.45, 7) is 10.6. The number of rotatable bonds is 4. The maximum absolute atomic E-state index is 6.11. The molecular weight excluding hydrogens is 475 g/mol. The molecule has 164 valence electrons. The van der Waals surface area contributed by atoms with Crippen molar-refractivity contribution < 1.29 is 4.74 Å². The standard InChI is InChI=1S/C23H38N4O.HI/c1-23(2,3)21-19(9-7-13-28-21)16-26-22(24-4)25-15-17-10-11-20-18(14-17)8-6-12-27(20)5;/h10-11,14,19,21H,6-9,12-13,15-16H2,1-5H3,(H2,24,25,26);1H. The third kappa shape index (κ3) is 6.48. The second kappa shape index (κ2) is 10.8. The van der Waals surface area contributed by atoms with Crippen LogP contribution in [0.25, 0.3) is 0 Å². The largest absolute Gasteiger partial charge is 0.377 e. The summed E-state index contributed by atoms with van der Waals surface area (Å²) in [4.78, 5) is 6.78. The lowest BCUT2D eigenvalue weighted by Gasteiger charge is -2.40. The maximum Gasteiger partial charge on any atom is 0.191 e. The van der Waals surface area contributed by atoms with Gasteiger partial charge in [0, 0.05) is 51.9 Å². The minimum Gasteiger partial charge on any atom is -0.377 e. The molecule has 2 aliphatic rings. The van der Waals surface area contributed by atoms with Crippen molar-refractivity contribution in [1.82, 2.24) is 10.6 Å². The third-order valence-electron chi connectivity index (χ3n) is 6.01. The van der Waals surface area contributed by atoms with Crippen LogP contribution in [-0.4, -0.2) is 45.9 Å². The first kappa shape index (κ1) is 24.3. The van der Waals surface area contributed by atoms with E-state index in [2.05, 4.69) is 66.5 Å². The Labute approximate surface area is 194 Å². The fraction of sp³-hybridized carbons (Fsp3) is 0.696. The highest BCUT2D eigenvalue weighted by Gasteiger charge is 2.35. The summed E-state index contributed by atoms with van der Waals surface area (Å²) in [5.74, 6) is 1.39. The summed E-state index contributed by atoms with van der Waals surface area (Å²) in [7, 11) is 4.03. The van der Waals surface area contributed by atoms with E-state index in [-0.39, 0.29) is 29.4 Å². The van der Waals surface area contributed by atoms with Crippen LogP contribution in [-0.2, 0) is 17.7 Å². The highest BCUT2D eigenvalue weighted by Crippen LogP contribution is 2.33. The number of fused-ring (bicyclic) bond motifs is 1. The summed E-state index contributed by atoms with van der Waals surface area (Å²) in [6.07, 6.45) is 5.07. The molecule has 0 spiro atoms. The number of benzene rings is 1. The number of nitrogens with one attached hydrogen (secondary N) is 2. The van der Waals surface area contributed by atoms with Crippen LogP contribution in [0.1, 0.15) is 51.2 Å². The Morgan fingerprint density at radius 3 is 2.76 bits per heavy atom. The second-order valence-corrected chi connectivity index (χ2v) is 9.35. The first-order valence-electron chi connectivity index (χ1n) is 10.8. The number of aliphatic imine (C=N–C) groups is 1. The SMILES string of the molecule is CN=C(NCc1ccc2c(c1)CCCN2C)NCC1CCCOC1C(C)(C)C.I. The molecule has 2 atom stereocenters. The highest BCUT2D eigenvalue weighted by atomic mass is 127. The van der Waals surface area contributed by atoms with Crippen LogP contribution in [0.4, 0.5) is 5.69 Å². The number of ether oxygens (including phenoxy) is 1. The first-order chi connectivity index (χ1) is 13.4. The van der Waals surface area contributed by atoms with E-state index in [1.165, 1.54) is 36.1 Å². The monoisotopic (exact) mass is 514 g/mol. The van der Waals surface area contributed by atoms with Gasteiger partial charge < -0.3 is 20.3 Å². The van der Waals surface area contributed by atoms with Crippen LogP contribution in [0.3, 0.4) is 0 Å².